The molecular formula is C14H18FN3O3. The van der Waals surface area contributed by atoms with Gasteiger partial charge in [-0.15, -0.1) is 0 Å². The van der Waals surface area contributed by atoms with E-state index in [0.29, 0.717) is 25.9 Å². The van der Waals surface area contributed by atoms with Gasteiger partial charge in [0.15, 0.2) is 0 Å². The molecular weight excluding hydrogens is 277 g/mol. The number of carboxylic acids is 1. The molecule has 1 fully saturated rings. The summed E-state index contributed by atoms with van der Waals surface area (Å²) in [5, 5.41) is 11.9. The lowest BCUT2D eigenvalue weighted by molar-refractivity contribution is -0.119. The van der Waals surface area contributed by atoms with Gasteiger partial charge in [0.1, 0.15) is 5.82 Å². The monoisotopic (exact) mass is 295 g/mol. The predicted molar refractivity (Wildman–Crippen MR) is 76.8 cm³/mol. The summed E-state index contributed by atoms with van der Waals surface area (Å²) in [6.07, 6.45) is 1.37. The van der Waals surface area contributed by atoms with Gasteiger partial charge in [-0.1, -0.05) is 0 Å². The lowest BCUT2D eigenvalue weighted by Crippen LogP contribution is -2.44. The van der Waals surface area contributed by atoms with Crippen molar-refractivity contribution in [2.75, 3.05) is 23.7 Å². The van der Waals surface area contributed by atoms with Crippen molar-refractivity contribution in [3.05, 3.63) is 23.5 Å². The fourth-order valence-electron chi connectivity index (χ4n) is 2.56. The molecule has 0 spiro atoms. The van der Waals surface area contributed by atoms with Gasteiger partial charge in [-0.2, -0.15) is 0 Å². The van der Waals surface area contributed by atoms with E-state index < -0.39 is 11.8 Å². The molecule has 21 heavy (non-hydrogen) atoms. The number of carboxylic acid groups (broad SMARTS) is 1. The van der Waals surface area contributed by atoms with Gasteiger partial charge in [0, 0.05) is 31.7 Å². The third-order valence-electron chi connectivity index (χ3n) is 3.59. The van der Waals surface area contributed by atoms with Crippen LogP contribution in [0.3, 0.4) is 0 Å². The third-order valence-corrected chi connectivity index (χ3v) is 3.59. The Morgan fingerprint density at radius 2 is 2.00 bits per heavy atom. The van der Waals surface area contributed by atoms with Crippen LogP contribution in [0, 0.1) is 5.82 Å². The number of nitrogens with zero attached hydrogens (tertiary/aromatic N) is 1. The number of hydrogen-bond donors (Lipinski definition) is 3. The van der Waals surface area contributed by atoms with Crippen molar-refractivity contribution in [1.82, 2.24) is 5.32 Å². The lowest BCUT2D eigenvalue weighted by atomic mass is 10.0. The van der Waals surface area contributed by atoms with Crippen LogP contribution in [-0.4, -0.2) is 36.1 Å². The van der Waals surface area contributed by atoms with Gasteiger partial charge in [-0.05, 0) is 25.0 Å². The van der Waals surface area contributed by atoms with Crippen LogP contribution in [0.2, 0.25) is 0 Å². The van der Waals surface area contributed by atoms with Crippen LogP contribution in [0.25, 0.3) is 0 Å². The fraction of sp³-hybridized carbons (Fsp3) is 0.429. The lowest BCUT2D eigenvalue weighted by Gasteiger charge is -2.34. The number of anilines is 2. The molecule has 1 aromatic carbocycles. The molecule has 114 valence electrons. The first-order chi connectivity index (χ1) is 9.88. The highest BCUT2D eigenvalue weighted by Crippen LogP contribution is 2.28. The van der Waals surface area contributed by atoms with E-state index in [2.05, 4.69) is 5.32 Å². The number of piperidine rings is 1. The first-order valence-electron chi connectivity index (χ1n) is 6.73. The van der Waals surface area contributed by atoms with Gasteiger partial charge in [-0.25, -0.2) is 9.18 Å². The van der Waals surface area contributed by atoms with Crippen LogP contribution in [0.5, 0.6) is 0 Å². The van der Waals surface area contributed by atoms with E-state index in [0.717, 1.165) is 6.07 Å². The Labute approximate surface area is 121 Å². The Bertz CT molecular complexity index is 569. The average molecular weight is 295 g/mol. The summed E-state index contributed by atoms with van der Waals surface area (Å²) in [5.41, 5.74) is 5.56. The normalized spacial score (nSPS) is 15.8. The molecule has 0 aromatic heterocycles. The molecule has 0 bridgehead atoms. The number of halogens is 1. The molecule has 0 atom stereocenters. The standard InChI is InChI=1S/C14H18FN3O3/c1-8(19)17-9-2-4-18(5-3-9)13-6-10(14(20)21)12(16)7-11(13)15/h6-7,9H,2-5,16H2,1H3,(H,17,19)(H,20,21). The van der Waals surface area contributed by atoms with Crippen molar-refractivity contribution < 1.29 is 19.1 Å². The highest BCUT2D eigenvalue weighted by Gasteiger charge is 2.23. The maximum absolute atomic E-state index is 14.0. The Morgan fingerprint density at radius 3 is 2.52 bits per heavy atom. The SMILES string of the molecule is CC(=O)NC1CCN(c2cc(C(=O)O)c(N)cc2F)CC1. The second-order valence-electron chi connectivity index (χ2n) is 5.16. The van der Waals surface area contributed by atoms with Gasteiger partial charge in [-0.3, -0.25) is 4.79 Å². The molecule has 1 saturated heterocycles. The number of hydrogen-bond acceptors (Lipinski definition) is 4. The van der Waals surface area contributed by atoms with E-state index in [1.165, 1.54) is 13.0 Å². The molecule has 0 aliphatic carbocycles. The van der Waals surface area contributed by atoms with E-state index in [-0.39, 0.29) is 28.9 Å². The van der Waals surface area contributed by atoms with Crippen LogP contribution in [0.4, 0.5) is 15.8 Å². The Balaban J connectivity index is 2.15. The van der Waals surface area contributed by atoms with Crippen LogP contribution in [0.1, 0.15) is 30.1 Å². The smallest absolute Gasteiger partial charge is 0.337 e. The van der Waals surface area contributed by atoms with Crippen LogP contribution in [-0.2, 0) is 4.79 Å². The largest absolute Gasteiger partial charge is 0.478 e. The molecule has 1 aromatic rings. The summed E-state index contributed by atoms with van der Waals surface area (Å²) in [7, 11) is 0. The van der Waals surface area contributed by atoms with Gasteiger partial charge in [0.05, 0.1) is 11.3 Å². The minimum atomic E-state index is -1.18. The number of rotatable bonds is 3. The van der Waals surface area contributed by atoms with Gasteiger partial charge in [0.25, 0.3) is 0 Å². The molecule has 1 aliphatic rings. The zero-order chi connectivity index (χ0) is 15.6. The molecule has 2 rings (SSSR count). The van der Waals surface area contributed by atoms with Crippen molar-refractivity contribution in [3.63, 3.8) is 0 Å². The second kappa shape index (κ2) is 5.99. The zero-order valence-electron chi connectivity index (χ0n) is 11.7. The zero-order valence-corrected chi connectivity index (χ0v) is 11.7. The molecule has 1 amide bonds. The average Bonchev–Trinajstić information content (AvgIpc) is 2.39. The summed E-state index contributed by atoms with van der Waals surface area (Å²) >= 11 is 0. The Hall–Kier alpha value is -2.31. The quantitative estimate of drug-likeness (QED) is 0.728. The third kappa shape index (κ3) is 3.42. The van der Waals surface area contributed by atoms with Crippen molar-refractivity contribution >= 4 is 23.3 Å². The number of carbonyl (C=O) groups excluding carboxylic acids is 1. The number of amides is 1. The highest BCUT2D eigenvalue weighted by atomic mass is 19.1. The van der Waals surface area contributed by atoms with Gasteiger partial charge < -0.3 is 21.1 Å². The number of nitrogens with two attached hydrogens (primary N) is 1. The van der Waals surface area contributed by atoms with E-state index in [1.807, 2.05) is 0 Å². The summed E-state index contributed by atoms with van der Waals surface area (Å²) in [5.74, 6) is -1.79. The first kappa shape index (κ1) is 15.1. The summed E-state index contributed by atoms with van der Waals surface area (Å²) in [4.78, 5) is 23.9. The molecule has 0 unspecified atom stereocenters. The second-order valence-corrected chi connectivity index (χ2v) is 5.16. The molecule has 0 radical (unpaired) electrons. The van der Waals surface area contributed by atoms with E-state index in [1.54, 1.807) is 4.90 Å². The summed E-state index contributed by atoms with van der Waals surface area (Å²) < 4.78 is 14.0. The van der Waals surface area contributed by atoms with E-state index in [4.69, 9.17) is 10.8 Å². The maximum Gasteiger partial charge on any atom is 0.337 e. The van der Waals surface area contributed by atoms with E-state index >= 15 is 0 Å². The molecule has 1 heterocycles. The number of nitrogens with one attached hydrogen (secondary N) is 1. The minimum absolute atomic E-state index is 0.0783. The summed E-state index contributed by atoms with van der Waals surface area (Å²) in [6.45, 7) is 2.56. The van der Waals surface area contributed by atoms with Crippen LogP contribution < -0.4 is 16.0 Å². The molecule has 7 heteroatoms. The molecule has 1 aliphatic heterocycles. The molecule has 6 nitrogen and oxygen atoms in total. The number of benzene rings is 1. The number of nitrogen functional groups attached to an aromatic ring is 1. The van der Waals surface area contributed by atoms with Crippen molar-refractivity contribution in [2.45, 2.75) is 25.8 Å². The van der Waals surface area contributed by atoms with Crippen LogP contribution >= 0.6 is 0 Å². The van der Waals surface area contributed by atoms with Crippen molar-refractivity contribution in [1.29, 1.82) is 0 Å². The summed E-state index contributed by atoms with van der Waals surface area (Å²) in [6, 6.07) is 2.39. The topological polar surface area (TPSA) is 95.7 Å². The number of carbonyl (C=O) groups is 2. The minimum Gasteiger partial charge on any atom is -0.478 e. The maximum atomic E-state index is 14.0. The fourth-order valence-corrected chi connectivity index (χ4v) is 2.56. The van der Waals surface area contributed by atoms with E-state index in [9.17, 15) is 14.0 Å². The van der Waals surface area contributed by atoms with Crippen molar-refractivity contribution in [3.8, 4) is 0 Å². The van der Waals surface area contributed by atoms with Crippen molar-refractivity contribution in [2.24, 2.45) is 0 Å². The van der Waals surface area contributed by atoms with Gasteiger partial charge in [0.2, 0.25) is 5.91 Å². The molecule has 4 N–H and O–H groups in total. The highest BCUT2D eigenvalue weighted by molar-refractivity contribution is 5.95. The first-order valence-corrected chi connectivity index (χ1v) is 6.73. The number of aromatic carboxylic acids is 1. The molecule has 0 saturated carbocycles. The van der Waals surface area contributed by atoms with Gasteiger partial charge >= 0.3 is 5.97 Å². The van der Waals surface area contributed by atoms with Crippen LogP contribution in [0.15, 0.2) is 12.1 Å². The predicted octanol–water partition coefficient (Wildman–Crippen LogP) is 1.21. The Kier molecular flexibility index (Phi) is 4.30. The Morgan fingerprint density at radius 1 is 1.38 bits per heavy atom.